The number of piperazine rings is 1. The summed E-state index contributed by atoms with van der Waals surface area (Å²) in [6.45, 7) is 9.36. The lowest BCUT2D eigenvalue weighted by atomic mass is 10.2. The number of rotatable bonds is 6. The number of ether oxygens (including phenoxy) is 1. The lowest BCUT2D eigenvalue weighted by Crippen LogP contribution is -2.46. The van der Waals surface area contributed by atoms with Gasteiger partial charge in [0.05, 0.1) is 11.9 Å². The van der Waals surface area contributed by atoms with Crippen LogP contribution in [0.2, 0.25) is 0 Å². The molecule has 26 heavy (non-hydrogen) atoms. The number of nitrogens with one attached hydrogen (secondary N) is 1. The minimum Gasteiger partial charge on any atom is -0.484 e. The zero-order valence-corrected chi connectivity index (χ0v) is 15.4. The average molecular weight is 354 g/mol. The summed E-state index contributed by atoms with van der Waals surface area (Å²) in [5.74, 6) is 1.44. The minimum atomic E-state index is -0.198. The van der Waals surface area contributed by atoms with E-state index >= 15 is 0 Å². The van der Waals surface area contributed by atoms with Crippen LogP contribution in [0, 0.1) is 6.92 Å². The molecule has 0 saturated carbocycles. The molecule has 3 rings (SSSR count). The van der Waals surface area contributed by atoms with Crippen molar-refractivity contribution in [3.8, 4) is 5.75 Å². The van der Waals surface area contributed by atoms with Gasteiger partial charge >= 0.3 is 0 Å². The van der Waals surface area contributed by atoms with Crippen molar-refractivity contribution < 1.29 is 9.53 Å². The molecule has 0 atom stereocenters. The molecule has 1 aliphatic heterocycles. The highest BCUT2D eigenvalue weighted by molar-refractivity contribution is 5.91. The third-order valence-electron chi connectivity index (χ3n) is 4.57. The molecule has 0 unspecified atom stereocenters. The number of aryl methyl sites for hydroxylation is 1. The average Bonchev–Trinajstić information content (AvgIpc) is 2.68. The number of amides is 1. The van der Waals surface area contributed by atoms with Crippen molar-refractivity contribution in [1.82, 2.24) is 9.88 Å². The fraction of sp³-hybridized carbons (Fsp3) is 0.400. The molecule has 1 N–H and O–H groups in total. The third kappa shape index (κ3) is 4.95. The maximum atomic E-state index is 12.0. The Labute approximate surface area is 154 Å². The zero-order chi connectivity index (χ0) is 18.4. The van der Waals surface area contributed by atoms with Gasteiger partial charge in [-0.15, -0.1) is 0 Å². The summed E-state index contributed by atoms with van der Waals surface area (Å²) in [5, 5.41) is 2.82. The van der Waals surface area contributed by atoms with E-state index in [0.717, 1.165) is 44.1 Å². The van der Waals surface area contributed by atoms with E-state index in [1.165, 1.54) is 0 Å². The Bertz CT molecular complexity index is 708. The van der Waals surface area contributed by atoms with Crippen LogP contribution in [0.25, 0.3) is 0 Å². The van der Waals surface area contributed by atoms with Gasteiger partial charge in [0.25, 0.3) is 5.91 Å². The summed E-state index contributed by atoms with van der Waals surface area (Å²) < 4.78 is 5.49. The van der Waals surface area contributed by atoms with E-state index in [9.17, 15) is 4.79 Å². The molecule has 1 aliphatic rings. The SMILES string of the molecule is CCN1CCN(c2ccc(NC(=O)COc3ccc(C)cc3)cn2)CC1. The van der Waals surface area contributed by atoms with E-state index in [2.05, 4.69) is 27.0 Å². The Kier molecular flexibility index (Phi) is 6.07. The highest BCUT2D eigenvalue weighted by Gasteiger charge is 2.16. The number of carbonyl (C=O) groups excluding carboxylic acids is 1. The predicted octanol–water partition coefficient (Wildman–Crippen LogP) is 2.55. The van der Waals surface area contributed by atoms with Gasteiger partial charge in [-0.1, -0.05) is 24.6 Å². The normalized spacial score (nSPS) is 14.9. The molecule has 2 heterocycles. The van der Waals surface area contributed by atoms with E-state index in [4.69, 9.17) is 4.74 Å². The quantitative estimate of drug-likeness (QED) is 0.864. The van der Waals surface area contributed by atoms with Crippen LogP contribution in [0.1, 0.15) is 12.5 Å². The number of benzene rings is 1. The summed E-state index contributed by atoms with van der Waals surface area (Å²) in [4.78, 5) is 21.2. The number of carbonyl (C=O) groups is 1. The van der Waals surface area contributed by atoms with E-state index in [1.807, 2.05) is 43.3 Å². The maximum Gasteiger partial charge on any atom is 0.262 e. The fourth-order valence-electron chi connectivity index (χ4n) is 2.92. The number of nitrogens with zero attached hydrogens (tertiary/aromatic N) is 3. The fourth-order valence-corrected chi connectivity index (χ4v) is 2.92. The lowest BCUT2D eigenvalue weighted by Gasteiger charge is -2.34. The number of pyridine rings is 1. The van der Waals surface area contributed by atoms with Gasteiger partial charge in [0, 0.05) is 26.2 Å². The summed E-state index contributed by atoms with van der Waals surface area (Å²) in [6.07, 6.45) is 1.70. The van der Waals surface area contributed by atoms with Crippen molar-refractivity contribution in [2.45, 2.75) is 13.8 Å². The molecule has 1 aromatic heterocycles. The van der Waals surface area contributed by atoms with Crippen LogP contribution in [0.15, 0.2) is 42.6 Å². The highest BCUT2D eigenvalue weighted by Crippen LogP contribution is 2.16. The molecule has 6 nitrogen and oxygen atoms in total. The van der Waals surface area contributed by atoms with Crippen molar-refractivity contribution in [3.05, 3.63) is 48.2 Å². The number of aromatic nitrogens is 1. The molecule has 1 amide bonds. The molecule has 1 aromatic carbocycles. The Morgan fingerprint density at radius 1 is 1.12 bits per heavy atom. The van der Waals surface area contributed by atoms with Gasteiger partial charge in [0.1, 0.15) is 11.6 Å². The first-order valence-corrected chi connectivity index (χ1v) is 9.06. The Hall–Kier alpha value is -2.60. The molecule has 6 heteroatoms. The molecular formula is C20H26N4O2. The van der Waals surface area contributed by atoms with Crippen LogP contribution < -0.4 is 15.0 Å². The number of likely N-dealkylation sites (N-methyl/N-ethyl adjacent to an activating group) is 1. The van der Waals surface area contributed by atoms with E-state index in [-0.39, 0.29) is 12.5 Å². The van der Waals surface area contributed by atoms with E-state index in [1.54, 1.807) is 6.20 Å². The second-order valence-corrected chi connectivity index (χ2v) is 6.48. The van der Waals surface area contributed by atoms with Gasteiger partial charge in [-0.3, -0.25) is 4.79 Å². The largest absolute Gasteiger partial charge is 0.484 e. The van der Waals surface area contributed by atoms with Crippen LogP contribution in [-0.4, -0.2) is 55.1 Å². The smallest absolute Gasteiger partial charge is 0.262 e. The molecule has 0 bridgehead atoms. The maximum absolute atomic E-state index is 12.0. The zero-order valence-electron chi connectivity index (χ0n) is 15.4. The number of anilines is 2. The Morgan fingerprint density at radius 3 is 2.46 bits per heavy atom. The first-order valence-electron chi connectivity index (χ1n) is 9.06. The van der Waals surface area contributed by atoms with Gasteiger partial charge in [0.15, 0.2) is 6.61 Å². The first-order chi connectivity index (χ1) is 12.6. The Morgan fingerprint density at radius 2 is 1.85 bits per heavy atom. The van der Waals surface area contributed by atoms with Gasteiger partial charge < -0.3 is 19.9 Å². The molecule has 0 radical (unpaired) electrons. The van der Waals surface area contributed by atoms with Gasteiger partial charge in [-0.05, 0) is 37.7 Å². The summed E-state index contributed by atoms with van der Waals surface area (Å²) in [7, 11) is 0. The van der Waals surface area contributed by atoms with Crippen LogP contribution in [0.3, 0.4) is 0 Å². The minimum absolute atomic E-state index is 0.0240. The molecule has 138 valence electrons. The van der Waals surface area contributed by atoms with E-state index < -0.39 is 0 Å². The molecule has 0 aliphatic carbocycles. The van der Waals surface area contributed by atoms with Crippen molar-refractivity contribution in [3.63, 3.8) is 0 Å². The summed E-state index contributed by atoms with van der Waals surface area (Å²) in [5.41, 5.74) is 1.84. The lowest BCUT2D eigenvalue weighted by molar-refractivity contribution is -0.118. The van der Waals surface area contributed by atoms with Crippen LogP contribution in [0.5, 0.6) is 5.75 Å². The first kappa shape index (κ1) is 18.2. The highest BCUT2D eigenvalue weighted by atomic mass is 16.5. The second-order valence-electron chi connectivity index (χ2n) is 6.48. The monoisotopic (exact) mass is 354 g/mol. The Balaban J connectivity index is 1.47. The number of hydrogen-bond donors (Lipinski definition) is 1. The van der Waals surface area contributed by atoms with Crippen LogP contribution in [0.4, 0.5) is 11.5 Å². The van der Waals surface area contributed by atoms with Crippen LogP contribution >= 0.6 is 0 Å². The summed E-state index contributed by atoms with van der Waals surface area (Å²) >= 11 is 0. The molecule has 1 saturated heterocycles. The van der Waals surface area contributed by atoms with Crippen molar-refractivity contribution in [1.29, 1.82) is 0 Å². The molecule has 0 spiro atoms. The molecular weight excluding hydrogens is 328 g/mol. The number of hydrogen-bond acceptors (Lipinski definition) is 5. The van der Waals surface area contributed by atoms with Gasteiger partial charge in [-0.2, -0.15) is 0 Å². The van der Waals surface area contributed by atoms with Gasteiger partial charge in [-0.25, -0.2) is 4.98 Å². The summed E-state index contributed by atoms with van der Waals surface area (Å²) in [6, 6.07) is 11.5. The predicted molar refractivity (Wildman–Crippen MR) is 104 cm³/mol. The van der Waals surface area contributed by atoms with Crippen LogP contribution in [-0.2, 0) is 4.79 Å². The molecule has 2 aromatic rings. The second kappa shape index (κ2) is 8.67. The van der Waals surface area contributed by atoms with Crippen molar-refractivity contribution in [2.75, 3.05) is 49.5 Å². The topological polar surface area (TPSA) is 57.7 Å². The molecule has 1 fully saturated rings. The third-order valence-corrected chi connectivity index (χ3v) is 4.57. The van der Waals surface area contributed by atoms with E-state index in [0.29, 0.717) is 11.4 Å². The van der Waals surface area contributed by atoms with Crippen molar-refractivity contribution in [2.24, 2.45) is 0 Å². The standard InChI is InChI=1S/C20H26N4O2/c1-3-23-10-12-24(13-11-23)19-9-6-17(14-21-19)22-20(25)15-26-18-7-4-16(2)5-8-18/h4-9,14H,3,10-13,15H2,1-2H3,(H,22,25). The van der Waals surface area contributed by atoms with Gasteiger partial charge in [0.2, 0.25) is 0 Å². The van der Waals surface area contributed by atoms with Crippen molar-refractivity contribution >= 4 is 17.4 Å².